The highest BCUT2D eigenvalue weighted by molar-refractivity contribution is 5.81. The van der Waals surface area contributed by atoms with Crippen molar-refractivity contribution in [2.45, 2.75) is 124 Å². The van der Waals surface area contributed by atoms with Gasteiger partial charge in [0.25, 0.3) is 0 Å². The smallest absolute Gasteiger partial charge is 0.410 e. The van der Waals surface area contributed by atoms with Gasteiger partial charge in [0.1, 0.15) is 29.1 Å². The average molecular weight is 487 g/mol. The second-order valence-corrected chi connectivity index (χ2v) is 11.4. The summed E-state index contributed by atoms with van der Waals surface area (Å²) in [6, 6.07) is -0.864. The Morgan fingerprint density at radius 3 is 1.74 bits per heavy atom. The number of aldehydes is 1. The molecule has 1 atom stereocenters. The molecule has 0 aliphatic carbocycles. The molecule has 0 saturated carbocycles. The number of ether oxygens (including phenoxy) is 3. The summed E-state index contributed by atoms with van der Waals surface area (Å²) in [6.45, 7) is 16.9. The summed E-state index contributed by atoms with van der Waals surface area (Å²) in [5.74, 6) is -0.531. The Morgan fingerprint density at radius 1 is 0.765 bits per heavy atom. The molecular formula is C25H46N2O7. The number of nitrogens with one attached hydrogen (secondary N) is 1. The number of esters is 1. The van der Waals surface area contributed by atoms with E-state index in [0.717, 1.165) is 6.29 Å². The number of nitrogens with zero attached hydrogens (tertiary/aromatic N) is 1. The monoisotopic (exact) mass is 486 g/mol. The Hall–Kier alpha value is -2.32. The van der Waals surface area contributed by atoms with Crippen LogP contribution in [0.2, 0.25) is 0 Å². The van der Waals surface area contributed by atoms with E-state index in [2.05, 4.69) is 5.32 Å². The van der Waals surface area contributed by atoms with E-state index in [4.69, 9.17) is 14.2 Å². The molecule has 0 rings (SSSR count). The Balaban J connectivity index is 5.04. The summed E-state index contributed by atoms with van der Waals surface area (Å²) in [4.78, 5) is 49.7. The summed E-state index contributed by atoms with van der Waals surface area (Å²) in [5, 5.41) is 2.61. The molecule has 0 spiro atoms. The molecule has 2 amide bonds. The molecule has 0 saturated heterocycles. The van der Waals surface area contributed by atoms with Crippen LogP contribution in [0.1, 0.15) is 101 Å². The molecule has 34 heavy (non-hydrogen) atoms. The number of amides is 2. The molecule has 9 heteroatoms. The zero-order valence-electron chi connectivity index (χ0n) is 22.6. The van der Waals surface area contributed by atoms with Crippen LogP contribution in [0.5, 0.6) is 0 Å². The highest BCUT2D eigenvalue weighted by atomic mass is 16.6. The molecule has 9 nitrogen and oxygen atoms in total. The molecular weight excluding hydrogens is 440 g/mol. The summed E-state index contributed by atoms with van der Waals surface area (Å²) >= 11 is 0. The van der Waals surface area contributed by atoms with Crippen LogP contribution in [-0.4, -0.2) is 65.3 Å². The molecule has 0 unspecified atom stereocenters. The topological polar surface area (TPSA) is 111 Å². The van der Waals surface area contributed by atoms with E-state index >= 15 is 0 Å². The summed E-state index contributed by atoms with van der Waals surface area (Å²) < 4.78 is 16.2. The predicted octanol–water partition coefficient (Wildman–Crippen LogP) is 5.00. The number of alkyl carbamates (subject to hydrolysis) is 1. The van der Waals surface area contributed by atoms with Gasteiger partial charge in [-0.2, -0.15) is 0 Å². The van der Waals surface area contributed by atoms with Gasteiger partial charge in [-0.3, -0.25) is 0 Å². The maximum absolute atomic E-state index is 12.7. The number of carbonyl (C=O) groups is 4. The minimum atomic E-state index is -0.864. The van der Waals surface area contributed by atoms with Crippen molar-refractivity contribution in [3.63, 3.8) is 0 Å². The van der Waals surface area contributed by atoms with E-state index in [-0.39, 0.29) is 0 Å². The van der Waals surface area contributed by atoms with Crippen LogP contribution in [0.4, 0.5) is 9.59 Å². The first kappa shape index (κ1) is 31.7. The lowest BCUT2D eigenvalue weighted by atomic mass is 10.1. The van der Waals surface area contributed by atoms with Gasteiger partial charge in [-0.05, 0) is 94.4 Å². The number of rotatable bonds is 12. The SMILES string of the molecule is CC(C)(C)OC(=O)N[C@@H](CCCCN(CCCCC=O)C(=O)OC(C)(C)C)C(=O)OC(C)(C)C. The van der Waals surface area contributed by atoms with Crippen LogP contribution in [0.25, 0.3) is 0 Å². The number of carbonyl (C=O) groups excluding carboxylic acids is 4. The van der Waals surface area contributed by atoms with Crippen LogP contribution in [0, 0.1) is 0 Å². The van der Waals surface area contributed by atoms with Crippen molar-refractivity contribution in [3.8, 4) is 0 Å². The molecule has 0 bridgehead atoms. The summed E-state index contributed by atoms with van der Waals surface area (Å²) in [5.41, 5.74) is -2.00. The fourth-order valence-electron chi connectivity index (χ4n) is 2.87. The van der Waals surface area contributed by atoms with Gasteiger partial charge < -0.3 is 29.2 Å². The van der Waals surface area contributed by atoms with Gasteiger partial charge in [0, 0.05) is 19.5 Å². The van der Waals surface area contributed by atoms with Crippen LogP contribution >= 0.6 is 0 Å². The summed E-state index contributed by atoms with van der Waals surface area (Å²) in [6.07, 6.45) is 3.12. The molecule has 0 fully saturated rings. The first-order chi connectivity index (χ1) is 15.4. The maximum atomic E-state index is 12.7. The number of hydrogen-bond donors (Lipinski definition) is 1. The van der Waals surface area contributed by atoms with Crippen LogP contribution in [-0.2, 0) is 23.8 Å². The molecule has 0 aromatic rings. The quantitative estimate of drug-likeness (QED) is 0.179. The average Bonchev–Trinajstić information content (AvgIpc) is 2.61. The maximum Gasteiger partial charge on any atom is 0.410 e. The molecule has 198 valence electrons. The standard InChI is InChI=1S/C25H46N2O7/c1-23(2,3)32-20(29)19(26-21(30)33-24(4,5)6)15-11-13-17-27(16-12-10-14-18-28)22(31)34-25(7,8)9/h18-19H,10-17H2,1-9H3,(H,26,30)/t19-/m0/s1. The van der Waals surface area contributed by atoms with E-state index in [1.165, 1.54) is 0 Å². The van der Waals surface area contributed by atoms with Crippen LogP contribution in [0.15, 0.2) is 0 Å². The third-order valence-corrected chi connectivity index (χ3v) is 4.20. The highest BCUT2D eigenvalue weighted by Crippen LogP contribution is 2.15. The molecule has 0 heterocycles. The Kier molecular flexibility index (Phi) is 13.2. The van der Waals surface area contributed by atoms with Gasteiger partial charge in [-0.25, -0.2) is 14.4 Å². The predicted molar refractivity (Wildman–Crippen MR) is 131 cm³/mol. The van der Waals surface area contributed by atoms with Gasteiger partial charge in [0.05, 0.1) is 0 Å². The first-order valence-electron chi connectivity index (χ1n) is 12.1. The van der Waals surface area contributed by atoms with Gasteiger partial charge in [-0.1, -0.05) is 0 Å². The second-order valence-electron chi connectivity index (χ2n) is 11.4. The van der Waals surface area contributed by atoms with E-state index in [1.54, 1.807) is 46.4 Å². The summed E-state index contributed by atoms with van der Waals surface area (Å²) in [7, 11) is 0. The molecule has 0 aliphatic rings. The van der Waals surface area contributed by atoms with Gasteiger partial charge in [0.15, 0.2) is 0 Å². The van der Waals surface area contributed by atoms with E-state index < -0.39 is 41.0 Å². The lowest BCUT2D eigenvalue weighted by molar-refractivity contribution is -0.157. The normalized spacial score (nSPS) is 13.0. The number of hydrogen-bond acceptors (Lipinski definition) is 7. The molecule has 0 aromatic carbocycles. The minimum Gasteiger partial charge on any atom is -0.458 e. The first-order valence-corrected chi connectivity index (χ1v) is 12.1. The highest BCUT2D eigenvalue weighted by Gasteiger charge is 2.29. The van der Waals surface area contributed by atoms with E-state index in [1.807, 2.05) is 20.8 Å². The Labute approximate surface area is 205 Å². The van der Waals surface area contributed by atoms with Crippen LogP contribution < -0.4 is 5.32 Å². The van der Waals surface area contributed by atoms with Crippen LogP contribution in [0.3, 0.4) is 0 Å². The molecule has 1 N–H and O–H groups in total. The van der Waals surface area contributed by atoms with Crippen molar-refractivity contribution >= 4 is 24.4 Å². The zero-order chi connectivity index (χ0) is 26.6. The molecule has 0 radical (unpaired) electrons. The Bertz CT molecular complexity index is 658. The van der Waals surface area contributed by atoms with Crippen molar-refractivity contribution in [1.29, 1.82) is 0 Å². The third-order valence-electron chi connectivity index (χ3n) is 4.20. The van der Waals surface area contributed by atoms with Gasteiger partial charge in [0.2, 0.25) is 0 Å². The fourth-order valence-corrected chi connectivity index (χ4v) is 2.87. The number of unbranched alkanes of at least 4 members (excludes halogenated alkanes) is 3. The fraction of sp³-hybridized carbons (Fsp3) is 0.840. The lowest BCUT2D eigenvalue weighted by Gasteiger charge is -2.28. The zero-order valence-corrected chi connectivity index (χ0v) is 22.6. The second kappa shape index (κ2) is 14.2. The molecule has 0 aromatic heterocycles. The van der Waals surface area contributed by atoms with E-state index in [9.17, 15) is 19.2 Å². The van der Waals surface area contributed by atoms with Crippen molar-refractivity contribution in [2.24, 2.45) is 0 Å². The minimum absolute atomic E-state index is 0.335. The van der Waals surface area contributed by atoms with Crippen molar-refractivity contribution in [3.05, 3.63) is 0 Å². The molecule has 0 aliphatic heterocycles. The van der Waals surface area contributed by atoms with Crippen molar-refractivity contribution < 1.29 is 33.4 Å². The van der Waals surface area contributed by atoms with Crippen molar-refractivity contribution in [1.82, 2.24) is 10.2 Å². The van der Waals surface area contributed by atoms with E-state index in [0.29, 0.717) is 51.6 Å². The van der Waals surface area contributed by atoms with Gasteiger partial charge in [-0.15, -0.1) is 0 Å². The third kappa shape index (κ3) is 17.2. The largest absolute Gasteiger partial charge is 0.458 e. The van der Waals surface area contributed by atoms with Crippen molar-refractivity contribution in [2.75, 3.05) is 13.1 Å². The lowest BCUT2D eigenvalue weighted by Crippen LogP contribution is -2.46. The van der Waals surface area contributed by atoms with Gasteiger partial charge >= 0.3 is 18.2 Å². The Morgan fingerprint density at radius 2 is 1.26 bits per heavy atom.